The van der Waals surface area contributed by atoms with E-state index in [9.17, 15) is 9.59 Å². The molecule has 0 bridgehead atoms. The summed E-state index contributed by atoms with van der Waals surface area (Å²) in [4.78, 5) is 26.1. The SMILES string of the molecule is CCN1CCN(C(=O)NCCCC(=O)O)CC1. The number of hydrogen-bond acceptors (Lipinski definition) is 3. The largest absolute Gasteiger partial charge is 0.481 e. The second-order valence-corrected chi connectivity index (χ2v) is 4.15. The van der Waals surface area contributed by atoms with Crippen LogP contribution >= 0.6 is 0 Å². The highest BCUT2D eigenvalue weighted by Gasteiger charge is 2.19. The van der Waals surface area contributed by atoms with Crippen LogP contribution in [0, 0.1) is 0 Å². The van der Waals surface area contributed by atoms with Gasteiger partial charge in [-0.3, -0.25) is 4.79 Å². The smallest absolute Gasteiger partial charge is 0.317 e. The first-order valence-electron chi connectivity index (χ1n) is 6.10. The van der Waals surface area contributed by atoms with Gasteiger partial charge < -0.3 is 20.2 Å². The summed E-state index contributed by atoms with van der Waals surface area (Å²) in [6.07, 6.45) is 0.583. The summed E-state index contributed by atoms with van der Waals surface area (Å²) in [6.45, 7) is 6.89. The Bertz CT molecular complexity index is 263. The lowest BCUT2D eigenvalue weighted by Gasteiger charge is -2.33. The van der Waals surface area contributed by atoms with Crippen LogP contribution in [0.15, 0.2) is 0 Å². The standard InChI is InChI=1S/C11H21N3O3/c1-2-13-6-8-14(9-7-13)11(17)12-5-3-4-10(15)16/h2-9H2,1H3,(H,12,17)(H,15,16). The van der Waals surface area contributed by atoms with Crippen molar-refractivity contribution in [1.82, 2.24) is 15.1 Å². The third-order valence-corrected chi connectivity index (χ3v) is 2.95. The molecular formula is C11H21N3O3. The van der Waals surface area contributed by atoms with E-state index in [1.54, 1.807) is 4.90 Å². The molecule has 0 aliphatic carbocycles. The lowest BCUT2D eigenvalue weighted by molar-refractivity contribution is -0.137. The summed E-state index contributed by atoms with van der Waals surface area (Å²) in [6, 6.07) is -0.0776. The van der Waals surface area contributed by atoms with Gasteiger partial charge in [0.05, 0.1) is 0 Å². The summed E-state index contributed by atoms with van der Waals surface area (Å²) in [5.74, 6) is -0.823. The minimum Gasteiger partial charge on any atom is -0.481 e. The maximum atomic E-state index is 11.7. The van der Waals surface area contributed by atoms with Crippen LogP contribution < -0.4 is 5.32 Å². The third-order valence-electron chi connectivity index (χ3n) is 2.95. The van der Waals surface area contributed by atoms with Gasteiger partial charge in [0.25, 0.3) is 0 Å². The molecule has 2 N–H and O–H groups in total. The van der Waals surface area contributed by atoms with Crippen molar-refractivity contribution < 1.29 is 14.7 Å². The average Bonchev–Trinajstić information content (AvgIpc) is 2.34. The molecule has 0 aromatic heterocycles. The molecule has 1 aliphatic rings. The molecule has 1 saturated heterocycles. The number of carbonyl (C=O) groups is 2. The van der Waals surface area contributed by atoms with Crippen LogP contribution in [0.25, 0.3) is 0 Å². The zero-order valence-electron chi connectivity index (χ0n) is 10.3. The molecule has 17 heavy (non-hydrogen) atoms. The number of nitrogens with zero attached hydrogens (tertiary/aromatic N) is 2. The number of rotatable bonds is 5. The highest BCUT2D eigenvalue weighted by molar-refractivity contribution is 5.74. The van der Waals surface area contributed by atoms with Crippen LogP contribution in [0.5, 0.6) is 0 Å². The van der Waals surface area contributed by atoms with Gasteiger partial charge in [0, 0.05) is 39.1 Å². The number of likely N-dealkylation sites (N-methyl/N-ethyl adjacent to an activating group) is 1. The Balaban J connectivity index is 2.14. The highest BCUT2D eigenvalue weighted by atomic mass is 16.4. The van der Waals surface area contributed by atoms with Crippen molar-refractivity contribution in [2.45, 2.75) is 19.8 Å². The fourth-order valence-corrected chi connectivity index (χ4v) is 1.81. The molecule has 98 valence electrons. The Morgan fingerprint density at radius 2 is 1.88 bits per heavy atom. The Hall–Kier alpha value is -1.30. The first kappa shape index (κ1) is 13.8. The van der Waals surface area contributed by atoms with Gasteiger partial charge in [-0.25, -0.2) is 4.79 Å². The highest BCUT2D eigenvalue weighted by Crippen LogP contribution is 2.01. The minimum absolute atomic E-state index is 0.0776. The van der Waals surface area contributed by atoms with Crippen molar-refractivity contribution in [3.8, 4) is 0 Å². The number of carboxylic acid groups (broad SMARTS) is 1. The Morgan fingerprint density at radius 3 is 2.41 bits per heavy atom. The lowest BCUT2D eigenvalue weighted by Crippen LogP contribution is -2.51. The number of hydrogen-bond donors (Lipinski definition) is 2. The van der Waals surface area contributed by atoms with E-state index in [1.807, 2.05) is 0 Å². The molecule has 6 nitrogen and oxygen atoms in total. The van der Waals surface area contributed by atoms with Gasteiger partial charge >= 0.3 is 12.0 Å². The predicted octanol–water partition coefficient (Wildman–Crippen LogP) is 0.198. The van der Waals surface area contributed by atoms with Gasteiger partial charge in [-0.1, -0.05) is 6.92 Å². The summed E-state index contributed by atoms with van der Waals surface area (Å²) in [5.41, 5.74) is 0. The summed E-state index contributed by atoms with van der Waals surface area (Å²) in [7, 11) is 0. The quantitative estimate of drug-likeness (QED) is 0.676. The molecule has 0 unspecified atom stereocenters. The van der Waals surface area contributed by atoms with Crippen molar-refractivity contribution in [3.05, 3.63) is 0 Å². The monoisotopic (exact) mass is 243 g/mol. The minimum atomic E-state index is -0.823. The number of piperazine rings is 1. The fourth-order valence-electron chi connectivity index (χ4n) is 1.81. The number of amides is 2. The van der Waals surface area contributed by atoms with Crippen LogP contribution in [0.1, 0.15) is 19.8 Å². The van der Waals surface area contributed by atoms with E-state index < -0.39 is 5.97 Å². The van der Waals surface area contributed by atoms with E-state index in [-0.39, 0.29) is 12.5 Å². The maximum absolute atomic E-state index is 11.7. The molecule has 0 aromatic rings. The zero-order valence-corrected chi connectivity index (χ0v) is 10.3. The van der Waals surface area contributed by atoms with Crippen LogP contribution in [0.2, 0.25) is 0 Å². The molecule has 1 fully saturated rings. The Kier molecular flexibility index (Phi) is 5.76. The molecule has 0 aromatic carbocycles. The first-order chi connectivity index (χ1) is 8.13. The van der Waals surface area contributed by atoms with Crippen LogP contribution in [-0.2, 0) is 4.79 Å². The third kappa shape index (κ3) is 5.04. The molecule has 1 heterocycles. The second-order valence-electron chi connectivity index (χ2n) is 4.15. The number of urea groups is 1. The van der Waals surface area contributed by atoms with Gasteiger partial charge in [-0.2, -0.15) is 0 Å². The normalized spacial score (nSPS) is 16.9. The van der Waals surface area contributed by atoms with Crippen LogP contribution in [0.4, 0.5) is 4.79 Å². The van der Waals surface area contributed by atoms with Crippen molar-refractivity contribution in [2.75, 3.05) is 39.3 Å². The summed E-state index contributed by atoms with van der Waals surface area (Å²) >= 11 is 0. The van der Waals surface area contributed by atoms with E-state index in [0.29, 0.717) is 13.0 Å². The summed E-state index contributed by atoms with van der Waals surface area (Å²) < 4.78 is 0. The lowest BCUT2D eigenvalue weighted by atomic mass is 10.3. The fraction of sp³-hybridized carbons (Fsp3) is 0.818. The number of nitrogens with one attached hydrogen (secondary N) is 1. The van der Waals surface area contributed by atoms with Gasteiger partial charge in [0.1, 0.15) is 0 Å². The van der Waals surface area contributed by atoms with E-state index in [0.717, 1.165) is 32.7 Å². The maximum Gasteiger partial charge on any atom is 0.317 e. The molecule has 0 radical (unpaired) electrons. The van der Waals surface area contributed by atoms with Crippen LogP contribution in [0.3, 0.4) is 0 Å². The Morgan fingerprint density at radius 1 is 1.24 bits per heavy atom. The molecule has 0 atom stereocenters. The molecule has 0 spiro atoms. The van der Waals surface area contributed by atoms with Crippen molar-refractivity contribution in [3.63, 3.8) is 0 Å². The van der Waals surface area contributed by atoms with Crippen molar-refractivity contribution >= 4 is 12.0 Å². The van der Waals surface area contributed by atoms with Crippen LogP contribution in [-0.4, -0.2) is 66.2 Å². The van der Waals surface area contributed by atoms with Crippen molar-refractivity contribution in [1.29, 1.82) is 0 Å². The average molecular weight is 243 g/mol. The van der Waals surface area contributed by atoms with Gasteiger partial charge in [-0.05, 0) is 13.0 Å². The summed E-state index contributed by atoms with van der Waals surface area (Å²) in [5, 5.41) is 11.2. The van der Waals surface area contributed by atoms with E-state index in [4.69, 9.17) is 5.11 Å². The molecule has 2 amide bonds. The first-order valence-corrected chi connectivity index (χ1v) is 6.10. The molecule has 0 saturated carbocycles. The number of carboxylic acids is 1. The van der Waals surface area contributed by atoms with E-state index in [1.165, 1.54) is 0 Å². The van der Waals surface area contributed by atoms with Gasteiger partial charge in [-0.15, -0.1) is 0 Å². The number of aliphatic carboxylic acids is 1. The Labute approximate surface area is 102 Å². The van der Waals surface area contributed by atoms with Gasteiger partial charge in [0.2, 0.25) is 0 Å². The molecule has 1 rings (SSSR count). The topological polar surface area (TPSA) is 72.9 Å². The predicted molar refractivity (Wildman–Crippen MR) is 64.0 cm³/mol. The van der Waals surface area contributed by atoms with Crippen molar-refractivity contribution in [2.24, 2.45) is 0 Å². The van der Waals surface area contributed by atoms with E-state index in [2.05, 4.69) is 17.1 Å². The molecule has 6 heteroatoms. The number of carbonyl (C=O) groups excluding carboxylic acids is 1. The van der Waals surface area contributed by atoms with E-state index >= 15 is 0 Å². The van der Waals surface area contributed by atoms with Gasteiger partial charge in [0.15, 0.2) is 0 Å². The molecular weight excluding hydrogens is 222 g/mol. The molecule has 1 aliphatic heterocycles. The second kappa shape index (κ2) is 7.11. The zero-order chi connectivity index (χ0) is 12.7.